The molecule has 0 aliphatic carbocycles. The van der Waals surface area contributed by atoms with E-state index >= 15 is 0 Å². The lowest BCUT2D eigenvalue weighted by atomic mass is 9.72. The van der Waals surface area contributed by atoms with Crippen molar-refractivity contribution in [2.45, 2.75) is 57.2 Å². The van der Waals surface area contributed by atoms with Crippen LogP contribution in [0.25, 0.3) is 0 Å². The van der Waals surface area contributed by atoms with Gasteiger partial charge in [0.1, 0.15) is 0 Å². The number of halogens is 3. The molecule has 0 saturated carbocycles. The monoisotopic (exact) mass is 424 g/mol. The summed E-state index contributed by atoms with van der Waals surface area (Å²) in [5.74, 6) is -0.173. The molecule has 1 N–H and O–H groups in total. The third-order valence-electron chi connectivity index (χ3n) is 6.20. The van der Waals surface area contributed by atoms with Gasteiger partial charge in [-0.3, -0.25) is 9.69 Å². The molecule has 166 valence electrons. The minimum Gasteiger partial charge on any atom is -0.381 e. The Balaban J connectivity index is 1.72. The topological polar surface area (TPSA) is 41.6 Å². The first-order valence-electron chi connectivity index (χ1n) is 10.6. The number of amides is 1. The maximum Gasteiger partial charge on any atom is 0.416 e. The first-order chi connectivity index (χ1) is 14.2. The van der Waals surface area contributed by atoms with E-state index in [9.17, 15) is 18.0 Å². The number of piperidine rings is 1. The number of nitrogens with zero attached hydrogens (tertiary/aromatic N) is 1. The van der Waals surface area contributed by atoms with Crippen molar-refractivity contribution >= 4 is 5.91 Å². The molecule has 2 fully saturated rings. The summed E-state index contributed by atoms with van der Waals surface area (Å²) in [6.07, 6.45) is 0.231. The number of hydrogen-bond donors (Lipinski definition) is 1. The fourth-order valence-electron chi connectivity index (χ4n) is 4.25. The van der Waals surface area contributed by atoms with E-state index in [-0.39, 0.29) is 11.9 Å². The van der Waals surface area contributed by atoms with Gasteiger partial charge in [-0.25, -0.2) is 0 Å². The van der Waals surface area contributed by atoms with Crippen molar-refractivity contribution < 1.29 is 22.7 Å². The van der Waals surface area contributed by atoms with E-state index in [0.717, 1.165) is 44.6 Å². The van der Waals surface area contributed by atoms with Gasteiger partial charge in [0.15, 0.2) is 0 Å². The van der Waals surface area contributed by atoms with Gasteiger partial charge in [0, 0.05) is 38.9 Å². The summed E-state index contributed by atoms with van der Waals surface area (Å²) >= 11 is 0. The van der Waals surface area contributed by atoms with E-state index in [1.807, 2.05) is 0 Å². The smallest absolute Gasteiger partial charge is 0.381 e. The maximum absolute atomic E-state index is 13.4. The maximum atomic E-state index is 13.4. The zero-order chi connectivity index (χ0) is 21.8. The number of likely N-dealkylation sites (tertiary alicyclic amines) is 1. The number of rotatable bonds is 5. The number of allylic oxidation sites excluding steroid dienone is 1. The van der Waals surface area contributed by atoms with Crippen molar-refractivity contribution in [1.82, 2.24) is 10.2 Å². The van der Waals surface area contributed by atoms with E-state index in [1.165, 1.54) is 11.6 Å². The minimum absolute atomic E-state index is 0.0472. The average molecular weight is 425 g/mol. The Kier molecular flexibility index (Phi) is 7.24. The van der Waals surface area contributed by atoms with Gasteiger partial charge in [-0.1, -0.05) is 29.8 Å². The number of nitrogens with one attached hydrogen (secondary N) is 1. The number of ether oxygens (including phenoxy) is 1. The van der Waals surface area contributed by atoms with Crippen molar-refractivity contribution in [1.29, 1.82) is 0 Å². The predicted molar refractivity (Wildman–Crippen MR) is 110 cm³/mol. The molecule has 2 aliphatic heterocycles. The number of alkyl halides is 3. The standard InChI is InChI=1S/C23H31F3N2O2/c1-17(2)6-11-28-12-7-20(8-13-28)27-21(29)22(9-14-30-15-10-22)18-4-3-5-19(16-18)23(24,25)26/h3-6,16,20H,7-15H2,1-2H3,(H,27,29). The molecule has 0 radical (unpaired) electrons. The average Bonchev–Trinajstić information content (AvgIpc) is 2.73. The third kappa shape index (κ3) is 5.43. The second-order valence-corrected chi connectivity index (χ2v) is 8.60. The van der Waals surface area contributed by atoms with Crippen molar-refractivity contribution in [3.8, 4) is 0 Å². The van der Waals surface area contributed by atoms with E-state index in [1.54, 1.807) is 6.07 Å². The number of benzene rings is 1. The zero-order valence-electron chi connectivity index (χ0n) is 17.7. The summed E-state index contributed by atoms with van der Waals surface area (Å²) in [6.45, 7) is 7.59. The molecule has 0 aromatic heterocycles. The highest BCUT2D eigenvalue weighted by molar-refractivity contribution is 5.88. The van der Waals surface area contributed by atoms with Crippen LogP contribution >= 0.6 is 0 Å². The van der Waals surface area contributed by atoms with Gasteiger partial charge >= 0.3 is 6.18 Å². The second-order valence-electron chi connectivity index (χ2n) is 8.60. The predicted octanol–water partition coefficient (Wildman–Crippen LogP) is 4.30. The highest BCUT2D eigenvalue weighted by atomic mass is 19.4. The van der Waals surface area contributed by atoms with E-state index < -0.39 is 17.2 Å². The first-order valence-corrected chi connectivity index (χ1v) is 10.6. The molecular weight excluding hydrogens is 393 g/mol. The summed E-state index contributed by atoms with van der Waals surface area (Å²) in [5, 5.41) is 3.15. The molecule has 2 saturated heterocycles. The van der Waals surface area contributed by atoms with E-state index in [2.05, 4.69) is 30.1 Å². The summed E-state index contributed by atoms with van der Waals surface area (Å²) in [6, 6.07) is 5.27. The number of hydrogen-bond acceptors (Lipinski definition) is 3. The van der Waals surface area contributed by atoms with Crippen LogP contribution in [0.15, 0.2) is 35.9 Å². The van der Waals surface area contributed by atoms with Gasteiger partial charge in [-0.15, -0.1) is 0 Å². The Morgan fingerprint density at radius 2 is 1.90 bits per heavy atom. The molecular formula is C23H31F3N2O2. The van der Waals surface area contributed by atoms with Gasteiger partial charge in [0.2, 0.25) is 5.91 Å². The molecule has 0 spiro atoms. The molecule has 1 aromatic rings. The van der Waals surface area contributed by atoms with Crippen molar-refractivity contribution in [3.63, 3.8) is 0 Å². The highest BCUT2D eigenvalue weighted by Crippen LogP contribution is 2.38. The van der Waals surface area contributed by atoms with Crippen molar-refractivity contribution in [3.05, 3.63) is 47.0 Å². The van der Waals surface area contributed by atoms with Crippen LogP contribution in [0.3, 0.4) is 0 Å². The quantitative estimate of drug-likeness (QED) is 0.717. The fraction of sp³-hybridized carbons (Fsp3) is 0.609. The molecule has 2 aliphatic rings. The van der Waals surface area contributed by atoms with Crippen LogP contribution in [0, 0.1) is 0 Å². The largest absolute Gasteiger partial charge is 0.416 e. The van der Waals surface area contributed by atoms with E-state index in [4.69, 9.17) is 4.74 Å². The van der Waals surface area contributed by atoms with Crippen LogP contribution in [0.5, 0.6) is 0 Å². The molecule has 30 heavy (non-hydrogen) atoms. The molecule has 0 bridgehead atoms. The lowest BCUT2D eigenvalue weighted by molar-refractivity contribution is -0.138. The summed E-state index contributed by atoms with van der Waals surface area (Å²) < 4.78 is 45.2. The third-order valence-corrected chi connectivity index (χ3v) is 6.20. The van der Waals surface area contributed by atoms with Crippen molar-refractivity contribution in [2.75, 3.05) is 32.8 Å². The van der Waals surface area contributed by atoms with Crippen LogP contribution in [-0.2, 0) is 21.1 Å². The Bertz CT molecular complexity index is 758. The molecule has 3 rings (SSSR count). The van der Waals surface area contributed by atoms with Crippen LogP contribution in [0.1, 0.15) is 50.7 Å². The summed E-state index contributed by atoms with van der Waals surface area (Å²) in [7, 11) is 0. The lowest BCUT2D eigenvalue weighted by Gasteiger charge is -2.39. The SMILES string of the molecule is CC(C)=CCN1CCC(NC(=O)C2(c3cccc(C(F)(F)F)c3)CCOCC2)CC1. The Labute approximate surface area is 176 Å². The molecule has 4 nitrogen and oxygen atoms in total. The first kappa shape index (κ1) is 22.8. The van der Waals surface area contributed by atoms with Crippen molar-refractivity contribution in [2.24, 2.45) is 0 Å². The summed E-state index contributed by atoms with van der Waals surface area (Å²) in [4.78, 5) is 15.7. The van der Waals surface area contributed by atoms with E-state index in [0.29, 0.717) is 31.6 Å². The summed E-state index contributed by atoms with van der Waals surface area (Å²) in [5.41, 5.74) is 0.0250. The lowest BCUT2D eigenvalue weighted by Crippen LogP contribution is -2.53. The molecule has 7 heteroatoms. The molecule has 1 amide bonds. The Morgan fingerprint density at radius 3 is 2.50 bits per heavy atom. The number of carbonyl (C=O) groups is 1. The normalized spacial score (nSPS) is 20.6. The zero-order valence-corrected chi connectivity index (χ0v) is 17.7. The molecule has 0 unspecified atom stereocenters. The molecule has 0 atom stereocenters. The minimum atomic E-state index is -4.43. The van der Waals surface area contributed by atoms with Gasteiger partial charge in [-0.2, -0.15) is 13.2 Å². The molecule has 2 heterocycles. The van der Waals surface area contributed by atoms with Gasteiger partial charge in [0.05, 0.1) is 11.0 Å². The van der Waals surface area contributed by atoms with Crippen LogP contribution in [-0.4, -0.2) is 49.7 Å². The van der Waals surface area contributed by atoms with Gasteiger partial charge in [0.25, 0.3) is 0 Å². The second kappa shape index (κ2) is 9.52. The van der Waals surface area contributed by atoms with Crippen LogP contribution < -0.4 is 5.32 Å². The Morgan fingerprint density at radius 1 is 1.23 bits per heavy atom. The van der Waals surface area contributed by atoms with Crippen LogP contribution in [0.2, 0.25) is 0 Å². The van der Waals surface area contributed by atoms with Gasteiger partial charge in [-0.05, 0) is 51.2 Å². The Hall–Kier alpha value is -1.86. The van der Waals surface area contributed by atoms with Crippen LogP contribution in [0.4, 0.5) is 13.2 Å². The molecule has 1 aromatic carbocycles. The highest BCUT2D eigenvalue weighted by Gasteiger charge is 2.43. The number of carbonyl (C=O) groups excluding carboxylic acids is 1. The van der Waals surface area contributed by atoms with Gasteiger partial charge < -0.3 is 10.1 Å². The fourth-order valence-corrected chi connectivity index (χ4v) is 4.25.